The molecule has 1 aromatic carbocycles. The number of pyridine rings is 1. The zero-order valence-corrected chi connectivity index (χ0v) is 12.4. The Labute approximate surface area is 127 Å². The Hall–Kier alpha value is -2.82. The molecular weight excluding hydrogens is 280 g/mol. The summed E-state index contributed by atoms with van der Waals surface area (Å²) < 4.78 is 7.14. The molecular formula is C17H16N2O3. The second-order valence-electron chi connectivity index (χ2n) is 5.07. The summed E-state index contributed by atoms with van der Waals surface area (Å²) >= 11 is 0. The van der Waals surface area contributed by atoms with Gasteiger partial charge in [-0.25, -0.2) is 4.98 Å². The fourth-order valence-corrected chi connectivity index (χ4v) is 2.63. The Morgan fingerprint density at radius 3 is 2.77 bits per heavy atom. The Kier molecular flexibility index (Phi) is 3.55. The summed E-state index contributed by atoms with van der Waals surface area (Å²) in [7, 11) is 1.60. The van der Waals surface area contributed by atoms with Crippen LogP contribution < -0.4 is 4.74 Å². The molecule has 2 heterocycles. The molecule has 5 nitrogen and oxygen atoms in total. The topological polar surface area (TPSA) is 63.8 Å². The fourth-order valence-electron chi connectivity index (χ4n) is 2.63. The van der Waals surface area contributed by atoms with Crippen molar-refractivity contribution in [2.24, 2.45) is 0 Å². The summed E-state index contributed by atoms with van der Waals surface area (Å²) in [6.45, 7) is 1.94. The first kappa shape index (κ1) is 14.1. The largest absolute Gasteiger partial charge is 0.497 e. The number of benzene rings is 1. The van der Waals surface area contributed by atoms with Crippen LogP contribution in [-0.2, 0) is 11.2 Å². The van der Waals surface area contributed by atoms with Crippen molar-refractivity contribution in [3.05, 3.63) is 53.9 Å². The number of hydrogen-bond acceptors (Lipinski definition) is 3. The van der Waals surface area contributed by atoms with Gasteiger partial charge in [0.1, 0.15) is 11.4 Å². The molecule has 0 radical (unpaired) electrons. The molecule has 0 aliphatic rings. The predicted octanol–water partition coefficient (Wildman–Crippen LogP) is 2.95. The number of hydrogen-bond donors (Lipinski definition) is 1. The van der Waals surface area contributed by atoms with Crippen molar-refractivity contribution < 1.29 is 14.6 Å². The van der Waals surface area contributed by atoms with Gasteiger partial charge in [0.15, 0.2) is 0 Å². The lowest BCUT2D eigenvalue weighted by Crippen LogP contribution is -2.06. The number of carbonyl (C=O) groups is 1. The molecule has 0 saturated carbocycles. The van der Waals surface area contributed by atoms with Crippen LogP contribution in [0.2, 0.25) is 0 Å². The molecule has 0 bridgehead atoms. The Morgan fingerprint density at radius 1 is 1.27 bits per heavy atom. The second-order valence-corrected chi connectivity index (χ2v) is 5.07. The Bertz CT molecular complexity index is 852. The second kappa shape index (κ2) is 5.52. The lowest BCUT2D eigenvalue weighted by atomic mass is 10.1. The van der Waals surface area contributed by atoms with E-state index >= 15 is 0 Å². The third-order valence-corrected chi connectivity index (χ3v) is 3.60. The number of methoxy groups -OCH3 is 1. The van der Waals surface area contributed by atoms with E-state index in [9.17, 15) is 9.90 Å². The summed E-state index contributed by atoms with van der Waals surface area (Å²) in [5, 5.41) is 9.24. The van der Waals surface area contributed by atoms with E-state index in [0.717, 1.165) is 16.9 Å². The zero-order chi connectivity index (χ0) is 15.7. The number of fused-ring (bicyclic) bond motifs is 1. The maximum Gasteiger partial charge on any atom is 0.309 e. The molecule has 1 N–H and O–H groups in total. The molecule has 0 saturated heterocycles. The zero-order valence-electron chi connectivity index (χ0n) is 12.4. The van der Waals surface area contributed by atoms with Crippen LogP contribution in [0.15, 0.2) is 42.5 Å². The highest BCUT2D eigenvalue weighted by Gasteiger charge is 2.18. The number of carboxylic acids is 1. The van der Waals surface area contributed by atoms with E-state index < -0.39 is 5.97 Å². The van der Waals surface area contributed by atoms with Gasteiger partial charge in [-0.1, -0.05) is 18.2 Å². The average molecular weight is 296 g/mol. The van der Waals surface area contributed by atoms with Gasteiger partial charge in [-0.15, -0.1) is 0 Å². The van der Waals surface area contributed by atoms with Gasteiger partial charge in [0, 0.05) is 11.3 Å². The first-order valence-electron chi connectivity index (χ1n) is 6.93. The van der Waals surface area contributed by atoms with E-state index in [1.165, 1.54) is 0 Å². The van der Waals surface area contributed by atoms with Gasteiger partial charge in [-0.3, -0.25) is 4.79 Å². The fraction of sp³-hybridized carbons (Fsp3) is 0.176. The Balaban J connectivity index is 2.27. The third kappa shape index (κ3) is 2.41. The summed E-state index contributed by atoms with van der Waals surface area (Å²) in [5.41, 5.74) is 3.90. The van der Waals surface area contributed by atoms with Crippen LogP contribution in [0.5, 0.6) is 5.75 Å². The van der Waals surface area contributed by atoms with Gasteiger partial charge >= 0.3 is 5.97 Å². The molecule has 3 aromatic rings. The third-order valence-electron chi connectivity index (χ3n) is 3.60. The number of aryl methyl sites for hydroxylation is 1. The van der Waals surface area contributed by atoms with E-state index in [2.05, 4.69) is 4.98 Å². The van der Waals surface area contributed by atoms with Crippen LogP contribution in [-0.4, -0.2) is 27.6 Å². The summed E-state index contributed by atoms with van der Waals surface area (Å²) in [4.78, 5) is 15.9. The van der Waals surface area contributed by atoms with Gasteiger partial charge in [0.05, 0.1) is 24.9 Å². The predicted molar refractivity (Wildman–Crippen MR) is 83.3 cm³/mol. The van der Waals surface area contributed by atoms with Gasteiger partial charge in [-0.2, -0.15) is 0 Å². The standard InChI is InChI=1S/C17H16N2O3/c1-11-5-3-8-15-18-17(14(19(11)15)10-16(20)21)12-6-4-7-13(9-12)22-2/h3-9H,10H2,1-2H3,(H,20,21). The number of ether oxygens (including phenoxy) is 1. The molecule has 2 aromatic heterocycles. The van der Waals surface area contributed by atoms with Gasteiger partial charge < -0.3 is 14.2 Å². The SMILES string of the molecule is COc1cccc(-c2nc3cccc(C)n3c2CC(=O)O)c1. The number of carboxylic acid groups (broad SMARTS) is 1. The van der Waals surface area contributed by atoms with E-state index in [-0.39, 0.29) is 6.42 Å². The molecule has 0 aliphatic carbocycles. The van der Waals surface area contributed by atoms with E-state index in [4.69, 9.17) is 4.74 Å². The van der Waals surface area contributed by atoms with Crippen molar-refractivity contribution in [3.63, 3.8) is 0 Å². The number of aromatic nitrogens is 2. The van der Waals surface area contributed by atoms with Gasteiger partial charge in [-0.05, 0) is 31.2 Å². The molecule has 0 fully saturated rings. The summed E-state index contributed by atoms with van der Waals surface area (Å²) in [5.74, 6) is -0.165. The molecule has 0 amide bonds. The minimum atomic E-state index is -0.880. The van der Waals surface area contributed by atoms with E-state index in [0.29, 0.717) is 17.1 Å². The van der Waals surface area contributed by atoms with Gasteiger partial charge in [0.2, 0.25) is 0 Å². The minimum Gasteiger partial charge on any atom is -0.497 e. The van der Waals surface area contributed by atoms with Gasteiger partial charge in [0.25, 0.3) is 0 Å². The number of rotatable bonds is 4. The minimum absolute atomic E-state index is 0.0848. The molecule has 0 unspecified atom stereocenters. The van der Waals surface area contributed by atoms with Crippen LogP contribution in [0.3, 0.4) is 0 Å². The number of aliphatic carboxylic acids is 1. The van der Waals surface area contributed by atoms with Crippen LogP contribution in [0.25, 0.3) is 16.9 Å². The lowest BCUT2D eigenvalue weighted by Gasteiger charge is -2.06. The normalized spacial score (nSPS) is 10.8. The highest BCUT2D eigenvalue weighted by atomic mass is 16.5. The van der Waals surface area contributed by atoms with Crippen LogP contribution in [0.4, 0.5) is 0 Å². The first-order chi connectivity index (χ1) is 10.6. The molecule has 112 valence electrons. The molecule has 0 spiro atoms. The van der Waals surface area contributed by atoms with Crippen LogP contribution in [0, 0.1) is 6.92 Å². The number of nitrogens with zero attached hydrogens (tertiary/aromatic N) is 2. The molecule has 0 atom stereocenters. The molecule has 22 heavy (non-hydrogen) atoms. The molecule has 5 heteroatoms. The molecule has 3 rings (SSSR count). The maximum absolute atomic E-state index is 11.3. The summed E-state index contributed by atoms with van der Waals surface area (Å²) in [6.07, 6.45) is -0.0848. The van der Waals surface area contributed by atoms with E-state index in [1.54, 1.807) is 7.11 Å². The summed E-state index contributed by atoms with van der Waals surface area (Å²) in [6, 6.07) is 13.2. The Morgan fingerprint density at radius 2 is 2.05 bits per heavy atom. The van der Waals surface area contributed by atoms with Crippen molar-refractivity contribution in [1.82, 2.24) is 9.38 Å². The van der Waals surface area contributed by atoms with Crippen LogP contribution in [0.1, 0.15) is 11.4 Å². The van der Waals surface area contributed by atoms with Crippen molar-refractivity contribution >= 4 is 11.6 Å². The average Bonchev–Trinajstić information content (AvgIpc) is 2.86. The monoisotopic (exact) mass is 296 g/mol. The molecule has 0 aliphatic heterocycles. The smallest absolute Gasteiger partial charge is 0.309 e. The lowest BCUT2D eigenvalue weighted by molar-refractivity contribution is -0.136. The quantitative estimate of drug-likeness (QED) is 0.804. The van der Waals surface area contributed by atoms with E-state index in [1.807, 2.05) is 53.8 Å². The highest BCUT2D eigenvalue weighted by molar-refractivity contribution is 5.76. The highest BCUT2D eigenvalue weighted by Crippen LogP contribution is 2.28. The van der Waals surface area contributed by atoms with Crippen LogP contribution >= 0.6 is 0 Å². The van der Waals surface area contributed by atoms with Crippen molar-refractivity contribution in [2.75, 3.05) is 7.11 Å². The van der Waals surface area contributed by atoms with Crippen molar-refractivity contribution in [3.8, 4) is 17.0 Å². The van der Waals surface area contributed by atoms with Crippen molar-refractivity contribution in [1.29, 1.82) is 0 Å². The number of imidazole rings is 1. The van der Waals surface area contributed by atoms with Crippen molar-refractivity contribution in [2.45, 2.75) is 13.3 Å². The first-order valence-corrected chi connectivity index (χ1v) is 6.93. The maximum atomic E-state index is 11.3.